The topological polar surface area (TPSA) is 114 Å². The van der Waals surface area contributed by atoms with E-state index in [1.165, 1.54) is 0 Å². The number of hydrogen-bond acceptors (Lipinski definition) is 5. The van der Waals surface area contributed by atoms with Gasteiger partial charge >= 0.3 is 13.7 Å². The molecule has 3 N–H and O–H groups in total. The van der Waals surface area contributed by atoms with Crippen molar-refractivity contribution in [2.75, 3.05) is 0 Å². The summed E-state index contributed by atoms with van der Waals surface area (Å²) in [5, 5.41) is 14.5. The van der Waals surface area contributed by atoms with Gasteiger partial charge < -0.3 is 24.8 Å². The van der Waals surface area contributed by atoms with Crippen LogP contribution in [0.2, 0.25) is 0 Å². The van der Waals surface area contributed by atoms with Gasteiger partial charge in [0.05, 0.1) is 0 Å². The number of amides is 2. The monoisotopic (exact) mass is 544 g/mol. The molecule has 0 aliphatic rings. The Bertz CT molecular complexity index is 1340. The van der Waals surface area contributed by atoms with Crippen molar-refractivity contribution in [1.82, 2.24) is 10.6 Å². The first-order valence-corrected chi connectivity index (χ1v) is 14.0. The SMILES string of the molecule is O=C(O)NC(Cc1ccccc1)C(=O)NC(Cc1ccccc1)P(=O)(Oc1ccccc1)Oc1ccccc1. The summed E-state index contributed by atoms with van der Waals surface area (Å²) in [4.78, 5) is 25.1. The van der Waals surface area contributed by atoms with Gasteiger partial charge in [0, 0.05) is 12.8 Å². The van der Waals surface area contributed by atoms with Crippen LogP contribution in [0.3, 0.4) is 0 Å². The van der Waals surface area contributed by atoms with E-state index in [0.717, 1.165) is 11.1 Å². The van der Waals surface area contributed by atoms with Crippen molar-refractivity contribution in [1.29, 1.82) is 0 Å². The van der Waals surface area contributed by atoms with Gasteiger partial charge in [0.25, 0.3) is 0 Å². The first kappa shape index (κ1) is 27.5. The summed E-state index contributed by atoms with van der Waals surface area (Å²) in [6.45, 7) is 0. The third kappa shape index (κ3) is 8.22. The molecule has 2 amide bonds. The molecule has 0 aromatic heterocycles. The van der Waals surface area contributed by atoms with Gasteiger partial charge in [-0.2, -0.15) is 0 Å². The van der Waals surface area contributed by atoms with Crippen LogP contribution in [0.25, 0.3) is 0 Å². The van der Waals surface area contributed by atoms with E-state index >= 15 is 0 Å². The maximum atomic E-state index is 14.6. The Kier molecular flexibility index (Phi) is 9.38. The fraction of sp³-hybridized carbons (Fsp3) is 0.133. The molecule has 0 heterocycles. The van der Waals surface area contributed by atoms with Crippen molar-refractivity contribution in [3.63, 3.8) is 0 Å². The molecule has 9 heteroatoms. The Labute approximate surface area is 227 Å². The van der Waals surface area contributed by atoms with E-state index in [1.807, 2.05) is 36.4 Å². The summed E-state index contributed by atoms with van der Waals surface area (Å²) in [5.41, 5.74) is 1.54. The second-order valence-electron chi connectivity index (χ2n) is 8.75. The Morgan fingerprint density at radius 3 is 1.49 bits per heavy atom. The molecule has 4 aromatic rings. The van der Waals surface area contributed by atoms with E-state index < -0.39 is 31.4 Å². The van der Waals surface area contributed by atoms with Gasteiger partial charge in [0.2, 0.25) is 5.91 Å². The van der Waals surface area contributed by atoms with Crippen LogP contribution in [0, 0.1) is 0 Å². The smallest absolute Gasteiger partial charge is 0.453 e. The van der Waals surface area contributed by atoms with E-state index in [2.05, 4.69) is 10.6 Å². The third-order valence-electron chi connectivity index (χ3n) is 5.81. The molecule has 200 valence electrons. The normalized spacial score (nSPS) is 12.5. The van der Waals surface area contributed by atoms with Crippen molar-refractivity contribution < 1.29 is 28.3 Å². The maximum Gasteiger partial charge on any atom is 0.453 e. The Morgan fingerprint density at radius 1 is 0.641 bits per heavy atom. The number of carbonyl (C=O) groups is 2. The molecule has 0 fully saturated rings. The second kappa shape index (κ2) is 13.3. The van der Waals surface area contributed by atoms with Crippen LogP contribution >= 0.6 is 7.60 Å². The zero-order valence-corrected chi connectivity index (χ0v) is 21.9. The van der Waals surface area contributed by atoms with Crippen molar-refractivity contribution >= 4 is 19.6 Å². The van der Waals surface area contributed by atoms with Gasteiger partial charge in [-0.05, 0) is 35.4 Å². The number of rotatable bonds is 12. The highest BCUT2D eigenvalue weighted by molar-refractivity contribution is 7.55. The number of benzene rings is 4. The molecule has 0 bridgehead atoms. The Hall–Kier alpha value is -4.55. The zero-order chi connectivity index (χ0) is 27.5. The van der Waals surface area contributed by atoms with E-state index in [1.54, 1.807) is 84.9 Å². The minimum Gasteiger partial charge on any atom is -0.465 e. The molecule has 0 saturated carbocycles. The Morgan fingerprint density at radius 2 is 1.05 bits per heavy atom. The third-order valence-corrected chi connectivity index (χ3v) is 7.82. The van der Waals surface area contributed by atoms with Crippen molar-refractivity contribution in [3.05, 3.63) is 132 Å². The van der Waals surface area contributed by atoms with E-state index in [0.29, 0.717) is 11.5 Å². The summed E-state index contributed by atoms with van der Waals surface area (Å²) in [5.74, 6) is -1.21. The maximum absolute atomic E-state index is 14.6. The highest BCUT2D eigenvalue weighted by Gasteiger charge is 2.42. The predicted molar refractivity (Wildman–Crippen MR) is 149 cm³/mol. The highest BCUT2D eigenvalue weighted by Crippen LogP contribution is 2.53. The van der Waals surface area contributed by atoms with Gasteiger partial charge in [-0.25, -0.2) is 9.36 Å². The largest absolute Gasteiger partial charge is 0.465 e. The summed E-state index contributed by atoms with van der Waals surface area (Å²) >= 11 is 0. The van der Waals surface area contributed by atoms with Gasteiger partial charge in [0.15, 0.2) is 5.78 Å². The Balaban J connectivity index is 1.69. The average Bonchev–Trinajstić information content (AvgIpc) is 2.94. The highest BCUT2D eigenvalue weighted by atomic mass is 31.2. The lowest BCUT2D eigenvalue weighted by molar-refractivity contribution is -0.123. The van der Waals surface area contributed by atoms with Crippen molar-refractivity contribution in [2.24, 2.45) is 0 Å². The minimum atomic E-state index is -4.16. The number of nitrogens with one attached hydrogen (secondary N) is 2. The lowest BCUT2D eigenvalue weighted by Crippen LogP contribution is -2.51. The fourth-order valence-electron chi connectivity index (χ4n) is 3.95. The van der Waals surface area contributed by atoms with Crippen LogP contribution in [0.1, 0.15) is 11.1 Å². The van der Waals surface area contributed by atoms with Gasteiger partial charge in [0.1, 0.15) is 17.5 Å². The number of carboxylic acid groups (broad SMARTS) is 1. The number of carbonyl (C=O) groups excluding carboxylic acids is 1. The molecular weight excluding hydrogens is 515 g/mol. The number of para-hydroxylation sites is 2. The molecule has 0 saturated heterocycles. The zero-order valence-electron chi connectivity index (χ0n) is 21.1. The summed E-state index contributed by atoms with van der Waals surface area (Å²) in [7, 11) is -4.16. The molecule has 8 nitrogen and oxygen atoms in total. The molecule has 0 aliphatic carbocycles. The molecule has 0 aliphatic heterocycles. The van der Waals surface area contributed by atoms with Crippen LogP contribution in [0.4, 0.5) is 4.79 Å². The van der Waals surface area contributed by atoms with Crippen LogP contribution in [-0.4, -0.2) is 28.9 Å². The van der Waals surface area contributed by atoms with Crippen molar-refractivity contribution in [3.8, 4) is 11.5 Å². The van der Waals surface area contributed by atoms with Gasteiger partial charge in [-0.15, -0.1) is 0 Å². The molecule has 4 rings (SSSR count). The first-order valence-electron chi connectivity index (χ1n) is 12.4. The van der Waals surface area contributed by atoms with Crippen LogP contribution in [0.5, 0.6) is 11.5 Å². The van der Waals surface area contributed by atoms with Crippen LogP contribution in [-0.2, 0) is 22.2 Å². The molecular formula is C30H29N2O6P. The summed E-state index contributed by atoms with van der Waals surface area (Å²) < 4.78 is 26.6. The quantitative estimate of drug-likeness (QED) is 0.191. The average molecular weight is 545 g/mol. The predicted octanol–water partition coefficient (Wildman–Crippen LogP) is 5.90. The molecule has 39 heavy (non-hydrogen) atoms. The minimum absolute atomic E-state index is 0.0976. The molecule has 2 unspecified atom stereocenters. The first-order chi connectivity index (χ1) is 18.9. The van der Waals surface area contributed by atoms with E-state index in [-0.39, 0.29) is 12.8 Å². The van der Waals surface area contributed by atoms with Gasteiger partial charge in [-0.1, -0.05) is 97.1 Å². The lowest BCUT2D eigenvalue weighted by atomic mass is 10.1. The fourth-order valence-corrected chi connectivity index (χ4v) is 5.80. The van der Waals surface area contributed by atoms with E-state index in [9.17, 15) is 19.3 Å². The lowest BCUT2D eigenvalue weighted by Gasteiger charge is -2.29. The molecule has 2 atom stereocenters. The summed E-state index contributed by atoms with van der Waals surface area (Å²) in [6, 6.07) is 34.2. The molecule has 0 spiro atoms. The summed E-state index contributed by atoms with van der Waals surface area (Å²) in [6.07, 6.45) is -1.15. The van der Waals surface area contributed by atoms with Crippen molar-refractivity contribution in [2.45, 2.75) is 24.7 Å². The van der Waals surface area contributed by atoms with E-state index in [4.69, 9.17) is 9.05 Å². The molecule has 4 aromatic carbocycles. The number of hydrogen-bond donors (Lipinski definition) is 3. The molecule has 0 radical (unpaired) electrons. The van der Waals surface area contributed by atoms with Crippen LogP contribution < -0.4 is 19.7 Å². The second-order valence-corrected chi connectivity index (χ2v) is 10.8. The van der Waals surface area contributed by atoms with Crippen LogP contribution in [0.15, 0.2) is 121 Å². The van der Waals surface area contributed by atoms with Gasteiger partial charge in [-0.3, -0.25) is 4.79 Å². The standard InChI is InChI=1S/C30H29N2O6P/c33-29(27(31-30(34)35)21-23-13-5-1-6-14-23)32-28(22-24-15-7-2-8-16-24)39(36,37-25-17-9-3-10-18-25)38-26-19-11-4-12-20-26/h1-20,27-28,31H,21-22H2,(H,32,33)(H,34,35).